The van der Waals surface area contributed by atoms with Gasteiger partial charge in [0.1, 0.15) is 5.92 Å². The zero-order valence-corrected chi connectivity index (χ0v) is 13.1. The first-order valence-corrected chi connectivity index (χ1v) is 7.12. The zero-order valence-electron chi connectivity index (χ0n) is 13.1. The fourth-order valence-electron chi connectivity index (χ4n) is 2.57. The molecule has 0 amide bonds. The largest absolute Gasteiger partial charge is 0.418 e. The molecule has 0 aliphatic carbocycles. The van der Waals surface area contributed by atoms with E-state index in [0.29, 0.717) is 24.3 Å². The SMILES string of the molecule is Nc1ccc(C(c2ccc(N)c(C(F)(F)F)c2)C(F)(F)F)cc1C(F)(F)F. The highest BCUT2D eigenvalue weighted by atomic mass is 19.4. The highest BCUT2D eigenvalue weighted by molar-refractivity contribution is 5.55. The summed E-state index contributed by atoms with van der Waals surface area (Å²) >= 11 is 0. The van der Waals surface area contributed by atoms with Crippen LogP contribution in [0.1, 0.15) is 28.2 Å². The van der Waals surface area contributed by atoms with Crippen LogP contribution in [-0.2, 0) is 12.4 Å². The molecule has 27 heavy (non-hydrogen) atoms. The summed E-state index contributed by atoms with van der Waals surface area (Å²) in [5.74, 6) is -2.74. The molecular formula is C16H11F9N2. The topological polar surface area (TPSA) is 52.0 Å². The van der Waals surface area contributed by atoms with E-state index in [2.05, 4.69) is 0 Å². The molecule has 0 atom stereocenters. The van der Waals surface area contributed by atoms with Crippen molar-refractivity contribution in [2.75, 3.05) is 11.5 Å². The molecule has 0 aliphatic heterocycles. The molecule has 148 valence electrons. The van der Waals surface area contributed by atoms with Crippen LogP contribution in [0.5, 0.6) is 0 Å². The van der Waals surface area contributed by atoms with Gasteiger partial charge in [-0.05, 0) is 35.4 Å². The fraction of sp³-hybridized carbons (Fsp3) is 0.250. The lowest BCUT2D eigenvalue weighted by Crippen LogP contribution is -2.23. The van der Waals surface area contributed by atoms with Gasteiger partial charge in [-0.1, -0.05) is 12.1 Å². The van der Waals surface area contributed by atoms with E-state index in [-0.39, 0.29) is 12.1 Å². The third-order valence-corrected chi connectivity index (χ3v) is 3.76. The Labute approximate surface area is 146 Å². The van der Waals surface area contributed by atoms with E-state index >= 15 is 0 Å². The Hall–Kier alpha value is -2.59. The van der Waals surface area contributed by atoms with E-state index in [1.807, 2.05) is 0 Å². The van der Waals surface area contributed by atoms with Gasteiger partial charge in [0.15, 0.2) is 0 Å². The van der Waals surface area contributed by atoms with Crippen LogP contribution in [0, 0.1) is 0 Å². The normalized spacial score (nSPS) is 13.3. The van der Waals surface area contributed by atoms with Crippen LogP contribution < -0.4 is 11.5 Å². The average molecular weight is 402 g/mol. The first-order valence-electron chi connectivity index (χ1n) is 7.12. The number of anilines is 2. The molecular weight excluding hydrogens is 391 g/mol. The van der Waals surface area contributed by atoms with Gasteiger partial charge in [0, 0.05) is 11.4 Å². The third-order valence-electron chi connectivity index (χ3n) is 3.76. The van der Waals surface area contributed by atoms with Gasteiger partial charge in [-0.25, -0.2) is 0 Å². The summed E-state index contributed by atoms with van der Waals surface area (Å²) in [5.41, 5.74) is 3.88. The standard InChI is InChI=1S/C16H11F9N2/c17-14(18,19)9-5-7(1-3-11(9)26)13(16(23,24)25)8-2-4-12(27)10(6-8)15(20,21)22/h1-6,13H,26-27H2. The van der Waals surface area contributed by atoms with Crippen molar-refractivity contribution in [2.45, 2.75) is 24.4 Å². The zero-order chi connectivity index (χ0) is 20.8. The first-order chi connectivity index (χ1) is 12.1. The minimum Gasteiger partial charge on any atom is -0.398 e. The number of hydrogen-bond donors (Lipinski definition) is 2. The Morgan fingerprint density at radius 2 is 0.926 bits per heavy atom. The van der Waals surface area contributed by atoms with Gasteiger partial charge in [-0.2, -0.15) is 39.5 Å². The maximum atomic E-state index is 13.5. The van der Waals surface area contributed by atoms with Crippen LogP contribution in [0.4, 0.5) is 50.9 Å². The van der Waals surface area contributed by atoms with E-state index in [9.17, 15) is 39.5 Å². The Morgan fingerprint density at radius 1 is 0.593 bits per heavy atom. The molecule has 0 aliphatic rings. The number of alkyl halides is 9. The number of hydrogen-bond acceptors (Lipinski definition) is 2. The molecule has 2 nitrogen and oxygen atoms in total. The van der Waals surface area contributed by atoms with E-state index in [1.54, 1.807) is 0 Å². The minimum atomic E-state index is -5.17. The third kappa shape index (κ3) is 4.40. The highest BCUT2D eigenvalue weighted by Gasteiger charge is 2.44. The van der Waals surface area contributed by atoms with Gasteiger partial charge in [0.25, 0.3) is 0 Å². The minimum absolute atomic E-state index is 0.178. The molecule has 2 rings (SSSR count). The summed E-state index contributed by atoms with van der Waals surface area (Å²) in [6.07, 6.45) is -15.2. The lowest BCUT2D eigenvalue weighted by atomic mass is 9.88. The molecule has 0 saturated carbocycles. The Bertz CT molecular complexity index is 772. The van der Waals surface area contributed by atoms with Crippen LogP contribution in [0.15, 0.2) is 36.4 Å². The predicted molar refractivity (Wildman–Crippen MR) is 79.6 cm³/mol. The molecule has 0 bridgehead atoms. The molecule has 0 fully saturated rings. The van der Waals surface area contributed by atoms with Crippen molar-refractivity contribution >= 4 is 11.4 Å². The van der Waals surface area contributed by atoms with E-state index < -0.39 is 58.1 Å². The van der Waals surface area contributed by atoms with Crippen molar-refractivity contribution in [3.63, 3.8) is 0 Å². The maximum Gasteiger partial charge on any atom is 0.418 e. The van der Waals surface area contributed by atoms with Gasteiger partial charge in [-0.15, -0.1) is 0 Å². The Kier molecular flexibility index (Phi) is 5.02. The van der Waals surface area contributed by atoms with Gasteiger partial charge >= 0.3 is 18.5 Å². The number of halogens is 9. The van der Waals surface area contributed by atoms with E-state index in [0.717, 1.165) is 0 Å². The van der Waals surface area contributed by atoms with Crippen LogP contribution in [0.2, 0.25) is 0 Å². The van der Waals surface area contributed by atoms with Crippen LogP contribution >= 0.6 is 0 Å². The smallest absolute Gasteiger partial charge is 0.398 e. The van der Waals surface area contributed by atoms with Gasteiger partial charge < -0.3 is 11.5 Å². The number of benzene rings is 2. The molecule has 11 heteroatoms. The number of nitrogen functional groups attached to an aromatic ring is 2. The second kappa shape index (κ2) is 6.54. The molecule has 2 aromatic carbocycles. The number of rotatable bonds is 2. The summed E-state index contributed by atoms with van der Waals surface area (Å²) in [5, 5.41) is 0. The molecule has 0 spiro atoms. The first kappa shape index (κ1) is 20.7. The summed E-state index contributed by atoms with van der Waals surface area (Å²) in [6, 6.07) is 2.98. The molecule has 2 aromatic rings. The molecule has 0 unspecified atom stereocenters. The van der Waals surface area contributed by atoms with Crippen molar-refractivity contribution in [3.8, 4) is 0 Å². The predicted octanol–water partition coefficient (Wildman–Crippen LogP) is 5.58. The van der Waals surface area contributed by atoms with Crippen LogP contribution in [-0.4, -0.2) is 6.18 Å². The average Bonchev–Trinajstić information content (AvgIpc) is 2.47. The summed E-state index contributed by atoms with van der Waals surface area (Å²) < 4.78 is 118. The second-order valence-corrected chi connectivity index (χ2v) is 5.66. The molecule has 0 radical (unpaired) electrons. The van der Waals surface area contributed by atoms with Gasteiger partial charge in [0.05, 0.1) is 11.1 Å². The lowest BCUT2D eigenvalue weighted by Gasteiger charge is -2.24. The van der Waals surface area contributed by atoms with Crippen LogP contribution in [0.25, 0.3) is 0 Å². The quantitative estimate of drug-likeness (QED) is 0.509. The molecule has 0 saturated heterocycles. The lowest BCUT2D eigenvalue weighted by molar-refractivity contribution is -0.144. The van der Waals surface area contributed by atoms with Crippen molar-refractivity contribution in [3.05, 3.63) is 58.7 Å². The Balaban J connectivity index is 2.70. The van der Waals surface area contributed by atoms with Crippen LogP contribution in [0.3, 0.4) is 0 Å². The summed E-state index contributed by atoms with van der Waals surface area (Å²) in [6.45, 7) is 0. The maximum absolute atomic E-state index is 13.5. The summed E-state index contributed by atoms with van der Waals surface area (Å²) in [4.78, 5) is 0. The molecule has 0 aromatic heterocycles. The van der Waals surface area contributed by atoms with Gasteiger partial charge in [0.2, 0.25) is 0 Å². The van der Waals surface area contributed by atoms with Crippen molar-refractivity contribution in [1.29, 1.82) is 0 Å². The monoisotopic (exact) mass is 402 g/mol. The highest BCUT2D eigenvalue weighted by Crippen LogP contribution is 2.45. The fourth-order valence-corrected chi connectivity index (χ4v) is 2.57. The molecule has 0 heterocycles. The van der Waals surface area contributed by atoms with Crippen molar-refractivity contribution in [2.24, 2.45) is 0 Å². The van der Waals surface area contributed by atoms with Crippen molar-refractivity contribution < 1.29 is 39.5 Å². The van der Waals surface area contributed by atoms with Gasteiger partial charge in [-0.3, -0.25) is 0 Å². The second-order valence-electron chi connectivity index (χ2n) is 5.66. The summed E-state index contributed by atoms with van der Waals surface area (Å²) in [7, 11) is 0. The molecule has 4 N–H and O–H groups in total. The Morgan fingerprint density at radius 3 is 1.19 bits per heavy atom. The van der Waals surface area contributed by atoms with Crippen molar-refractivity contribution in [1.82, 2.24) is 0 Å². The number of nitrogens with two attached hydrogens (primary N) is 2. The van der Waals surface area contributed by atoms with E-state index in [4.69, 9.17) is 11.5 Å². The van der Waals surface area contributed by atoms with E-state index in [1.165, 1.54) is 0 Å².